The number of carbonyl (C=O) groups is 1. The number of amides is 1. The zero-order chi connectivity index (χ0) is 23.0. The molecule has 0 aliphatic carbocycles. The molecule has 5 nitrogen and oxygen atoms in total. The average Bonchev–Trinajstić information content (AvgIpc) is 3.12. The van der Waals surface area contributed by atoms with Gasteiger partial charge < -0.3 is 10.4 Å². The Balaban J connectivity index is 2.04. The van der Waals surface area contributed by atoms with Crippen LogP contribution >= 0.6 is 34.8 Å². The molecule has 166 valence electrons. The second kappa shape index (κ2) is 8.78. The average molecular weight is 496 g/mol. The van der Waals surface area contributed by atoms with E-state index in [4.69, 9.17) is 44.7 Å². The molecule has 2 aromatic rings. The normalized spacial score (nSPS) is 19.5. The first-order valence-electron chi connectivity index (χ1n) is 8.85. The van der Waals surface area contributed by atoms with Gasteiger partial charge in [-0.3, -0.25) is 10.3 Å². The molecular formula is C20H16Cl3F3N2O3. The summed E-state index contributed by atoms with van der Waals surface area (Å²) in [4.78, 5) is 15.8. The molecule has 2 unspecified atom stereocenters. The molecule has 31 heavy (non-hydrogen) atoms. The van der Waals surface area contributed by atoms with E-state index in [0.717, 1.165) is 23.8 Å². The molecule has 2 atom stereocenters. The van der Waals surface area contributed by atoms with Gasteiger partial charge in [0.2, 0.25) is 5.60 Å². The van der Waals surface area contributed by atoms with Gasteiger partial charge in [-0.2, -0.15) is 13.2 Å². The number of halogens is 6. The van der Waals surface area contributed by atoms with Crippen LogP contribution in [0.4, 0.5) is 18.0 Å². The highest BCUT2D eigenvalue weighted by Crippen LogP contribution is 2.48. The highest BCUT2D eigenvalue weighted by atomic mass is 35.5. The van der Waals surface area contributed by atoms with Crippen LogP contribution in [0.5, 0.6) is 0 Å². The van der Waals surface area contributed by atoms with Crippen molar-refractivity contribution in [1.82, 2.24) is 10.8 Å². The molecule has 1 aliphatic heterocycles. The Bertz CT molecular complexity index is 1030. The SMILES string of the molecule is Cc1ccc(C2=CC(c3cc(Cl)cc(Cl)c3)(C(F)(F)F)ON2)cc1C(Cl)CNC(=O)O. The first kappa shape index (κ1) is 23.5. The lowest BCUT2D eigenvalue weighted by molar-refractivity contribution is -0.269. The maximum absolute atomic E-state index is 14.1. The molecule has 0 saturated heterocycles. The quantitative estimate of drug-likeness (QED) is 0.433. The summed E-state index contributed by atoms with van der Waals surface area (Å²) in [7, 11) is 0. The lowest BCUT2D eigenvalue weighted by Crippen LogP contribution is -2.42. The first-order chi connectivity index (χ1) is 14.4. The number of hydroxylamine groups is 1. The Morgan fingerprint density at radius 2 is 1.87 bits per heavy atom. The van der Waals surface area contributed by atoms with Crippen molar-refractivity contribution in [1.29, 1.82) is 0 Å². The molecule has 0 radical (unpaired) electrons. The van der Waals surface area contributed by atoms with Crippen molar-refractivity contribution < 1.29 is 27.9 Å². The van der Waals surface area contributed by atoms with Gasteiger partial charge in [-0.15, -0.1) is 11.6 Å². The van der Waals surface area contributed by atoms with E-state index in [1.807, 2.05) is 0 Å². The molecule has 0 saturated carbocycles. The van der Waals surface area contributed by atoms with Crippen LogP contribution in [0.1, 0.15) is 27.6 Å². The molecule has 0 bridgehead atoms. The Morgan fingerprint density at radius 3 is 2.45 bits per heavy atom. The van der Waals surface area contributed by atoms with Gasteiger partial charge in [0.25, 0.3) is 0 Å². The molecule has 3 N–H and O–H groups in total. The number of carboxylic acid groups (broad SMARTS) is 1. The Morgan fingerprint density at radius 1 is 1.23 bits per heavy atom. The monoisotopic (exact) mass is 494 g/mol. The molecule has 3 rings (SSSR count). The van der Waals surface area contributed by atoms with Gasteiger partial charge in [-0.1, -0.05) is 35.3 Å². The summed E-state index contributed by atoms with van der Waals surface area (Å²) >= 11 is 18.1. The fourth-order valence-electron chi connectivity index (χ4n) is 3.19. The van der Waals surface area contributed by atoms with E-state index in [9.17, 15) is 18.0 Å². The number of hydrogen-bond donors (Lipinski definition) is 3. The number of alkyl halides is 4. The number of aryl methyl sites for hydroxylation is 1. The van der Waals surface area contributed by atoms with Gasteiger partial charge in [0, 0.05) is 27.7 Å². The molecule has 2 aromatic carbocycles. The second-order valence-corrected chi connectivity index (χ2v) is 8.28. The maximum atomic E-state index is 14.1. The lowest BCUT2D eigenvalue weighted by atomic mass is 9.91. The van der Waals surface area contributed by atoms with Crippen LogP contribution in [0.2, 0.25) is 10.0 Å². The van der Waals surface area contributed by atoms with Crippen molar-refractivity contribution in [2.24, 2.45) is 0 Å². The Hall–Kier alpha value is -2.13. The molecular weight excluding hydrogens is 480 g/mol. The topological polar surface area (TPSA) is 70.6 Å². The van der Waals surface area contributed by atoms with Crippen molar-refractivity contribution in [2.45, 2.75) is 24.1 Å². The molecule has 1 aliphatic rings. The van der Waals surface area contributed by atoms with Gasteiger partial charge in [-0.05, 0) is 48.4 Å². The minimum absolute atomic E-state index is 0.0325. The number of hydrogen-bond acceptors (Lipinski definition) is 3. The minimum atomic E-state index is -4.83. The standard InChI is InChI=1S/C20H16Cl3F3N2O3/c1-10-2-3-11(4-15(10)16(23)9-27-18(29)30)17-8-19(31-28-17,20(24,25)26)12-5-13(21)7-14(22)6-12/h2-8,16,27-28H,9H2,1H3,(H,29,30). The van der Waals surface area contributed by atoms with Crippen LogP contribution < -0.4 is 10.8 Å². The van der Waals surface area contributed by atoms with E-state index in [1.54, 1.807) is 25.1 Å². The third-order valence-corrected chi connectivity index (χ3v) is 5.57. The van der Waals surface area contributed by atoms with Crippen LogP contribution in [-0.2, 0) is 10.4 Å². The van der Waals surface area contributed by atoms with Gasteiger partial charge in [0.05, 0.1) is 11.1 Å². The van der Waals surface area contributed by atoms with Crippen molar-refractivity contribution >= 4 is 46.6 Å². The first-order valence-corrected chi connectivity index (χ1v) is 10.0. The summed E-state index contributed by atoms with van der Waals surface area (Å²) < 4.78 is 42.4. The van der Waals surface area contributed by atoms with Gasteiger partial charge in [-0.25, -0.2) is 4.79 Å². The van der Waals surface area contributed by atoms with Crippen molar-refractivity contribution in [3.05, 3.63) is 74.8 Å². The highest BCUT2D eigenvalue weighted by Gasteiger charge is 2.59. The van der Waals surface area contributed by atoms with Crippen LogP contribution in [0.25, 0.3) is 5.70 Å². The van der Waals surface area contributed by atoms with Crippen LogP contribution in [0.15, 0.2) is 42.5 Å². The molecule has 0 fully saturated rings. The summed E-state index contributed by atoms with van der Waals surface area (Å²) in [6.45, 7) is 1.69. The minimum Gasteiger partial charge on any atom is -0.465 e. The van der Waals surface area contributed by atoms with Crippen LogP contribution in [-0.4, -0.2) is 23.9 Å². The van der Waals surface area contributed by atoms with E-state index < -0.39 is 23.2 Å². The fourth-order valence-corrected chi connectivity index (χ4v) is 4.02. The number of benzene rings is 2. The second-order valence-electron chi connectivity index (χ2n) is 6.88. The van der Waals surface area contributed by atoms with Crippen molar-refractivity contribution in [3.8, 4) is 0 Å². The van der Waals surface area contributed by atoms with E-state index in [2.05, 4.69) is 10.8 Å². The third-order valence-electron chi connectivity index (χ3n) is 4.74. The molecule has 0 aromatic heterocycles. The summed E-state index contributed by atoms with van der Waals surface area (Å²) in [6.07, 6.45) is -5.16. The number of nitrogens with one attached hydrogen (secondary N) is 2. The maximum Gasteiger partial charge on any atom is 0.428 e. The smallest absolute Gasteiger partial charge is 0.428 e. The predicted molar refractivity (Wildman–Crippen MR) is 112 cm³/mol. The van der Waals surface area contributed by atoms with E-state index in [1.165, 1.54) is 6.07 Å². The molecule has 0 spiro atoms. The Labute approximate surface area is 190 Å². The lowest BCUT2D eigenvalue weighted by Gasteiger charge is -2.28. The van der Waals surface area contributed by atoms with Gasteiger partial charge in [0.1, 0.15) is 0 Å². The van der Waals surface area contributed by atoms with Gasteiger partial charge in [0.15, 0.2) is 0 Å². The van der Waals surface area contributed by atoms with Crippen molar-refractivity contribution in [3.63, 3.8) is 0 Å². The third kappa shape index (κ3) is 4.87. The van der Waals surface area contributed by atoms with Crippen molar-refractivity contribution in [2.75, 3.05) is 6.54 Å². The highest BCUT2D eigenvalue weighted by molar-refractivity contribution is 6.34. The molecule has 11 heteroatoms. The Kier molecular flexibility index (Phi) is 6.67. The molecule has 1 heterocycles. The van der Waals surface area contributed by atoms with Gasteiger partial charge >= 0.3 is 12.3 Å². The number of rotatable bonds is 5. The fraction of sp³-hybridized carbons (Fsp3) is 0.250. The largest absolute Gasteiger partial charge is 0.465 e. The summed E-state index contributed by atoms with van der Waals surface area (Å²) in [5.41, 5.74) is 0.995. The zero-order valence-electron chi connectivity index (χ0n) is 15.9. The van der Waals surface area contributed by atoms with Crippen LogP contribution in [0, 0.1) is 6.92 Å². The molecule has 1 amide bonds. The van der Waals surface area contributed by atoms with E-state index in [0.29, 0.717) is 11.1 Å². The summed E-state index contributed by atoms with van der Waals surface area (Å²) in [6, 6.07) is 8.45. The van der Waals surface area contributed by atoms with E-state index in [-0.39, 0.29) is 27.9 Å². The van der Waals surface area contributed by atoms with Crippen LogP contribution in [0.3, 0.4) is 0 Å². The summed E-state index contributed by atoms with van der Waals surface area (Å²) in [5, 5.41) is 10.3. The van der Waals surface area contributed by atoms with E-state index >= 15 is 0 Å². The zero-order valence-corrected chi connectivity index (χ0v) is 18.1. The predicted octanol–water partition coefficient (Wildman–Crippen LogP) is 6.18. The summed E-state index contributed by atoms with van der Waals surface area (Å²) in [5.74, 6) is 0.